The maximum Gasteiger partial charge on any atom is 0.324 e. The van der Waals surface area contributed by atoms with E-state index in [0.29, 0.717) is 17.5 Å². The zero-order valence-electron chi connectivity index (χ0n) is 22.0. The van der Waals surface area contributed by atoms with Gasteiger partial charge >= 0.3 is 11.4 Å². The first kappa shape index (κ1) is 29.0. The number of benzene rings is 2. The summed E-state index contributed by atoms with van der Waals surface area (Å²) >= 11 is 0. The fourth-order valence-corrected chi connectivity index (χ4v) is 5.58. The third-order valence-corrected chi connectivity index (χ3v) is 7.89. The lowest BCUT2D eigenvalue weighted by atomic mass is 9.63. The Morgan fingerprint density at radius 1 is 0.974 bits per heavy atom. The van der Waals surface area contributed by atoms with E-state index in [4.69, 9.17) is 5.11 Å². The molecule has 2 fully saturated rings. The predicted molar refractivity (Wildman–Crippen MR) is 143 cm³/mol. The average Bonchev–Trinajstić information content (AvgIpc) is 3.72. The van der Waals surface area contributed by atoms with E-state index in [1.807, 2.05) is 0 Å². The van der Waals surface area contributed by atoms with Crippen LogP contribution in [0.3, 0.4) is 0 Å². The molecule has 0 spiro atoms. The van der Waals surface area contributed by atoms with Gasteiger partial charge < -0.3 is 10.0 Å². The van der Waals surface area contributed by atoms with Crippen LogP contribution in [0.15, 0.2) is 42.5 Å². The van der Waals surface area contributed by atoms with Gasteiger partial charge in [0.25, 0.3) is 11.4 Å². The van der Waals surface area contributed by atoms with Gasteiger partial charge in [-0.1, -0.05) is 57.0 Å². The van der Waals surface area contributed by atoms with Gasteiger partial charge in [-0.3, -0.25) is 30.3 Å². The van der Waals surface area contributed by atoms with Gasteiger partial charge in [-0.05, 0) is 56.0 Å². The van der Waals surface area contributed by atoms with Gasteiger partial charge in [0.1, 0.15) is 0 Å². The van der Waals surface area contributed by atoms with E-state index in [1.54, 1.807) is 5.56 Å². The average molecular weight is 529 g/mol. The summed E-state index contributed by atoms with van der Waals surface area (Å²) in [5.41, 5.74) is -0.973. The number of phenolic OH excluding ortho intramolecular Hbond substituents is 1. The highest BCUT2D eigenvalue weighted by Gasteiger charge is 2.43. The van der Waals surface area contributed by atoms with Crippen molar-refractivity contribution in [3.8, 4) is 5.75 Å². The number of rotatable bonds is 10. The molecule has 1 N–H and O–H groups in total. The normalized spacial score (nSPS) is 21.3. The van der Waals surface area contributed by atoms with Crippen LogP contribution in [0.1, 0.15) is 64.4 Å². The lowest BCUT2D eigenvalue weighted by molar-refractivity contribution is -0.404. The number of aromatic hydroxyl groups is 1. The highest BCUT2D eigenvalue weighted by molar-refractivity contribution is 5.64. The minimum absolute atomic E-state index is 0.427. The Kier molecular flexibility index (Phi) is 9.73. The molecule has 206 valence electrons. The third-order valence-electron chi connectivity index (χ3n) is 7.89. The van der Waals surface area contributed by atoms with Crippen molar-refractivity contribution in [2.24, 2.45) is 11.8 Å². The molecule has 1 aliphatic carbocycles. The number of hydrogen-bond donors (Lipinski definition) is 1. The quantitative estimate of drug-likeness (QED) is 0.275. The van der Waals surface area contributed by atoms with Crippen LogP contribution < -0.4 is 0 Å². The van der Waals surface area contributed by atoms with E-state index in [-0.39, 0.29) is 0 Å². The van der Waals surface area contributed by atoms with Crippen molar-refractivity contribution < 1.29 is 19.9 Å². The van der Waals surface area contributed by atoms with E-state index in [1.165, 1.54) is 64.6 Å². The minimum Gasteiger partial charge on any atom is -0.497 e. The number of likely N-dealkylation sites (tertiary alicyclic amines) is 1. The van der Waals surface area contributed by atoms with Gasteiger partial charge in [0.15, 0.2) is 0 Å². The van der Waals surface area contributed by atoms with Crippen LogP contribution in [-0.2, 0) is 5.41 Å². The van der Waals surface area contributed by atoms with E-state index in [9.17, 15) is 30.3 Å². The first-order valence-corrected chi connectivity index (χ1v) is 13.2. The molecular weight excluding hydrogens is 492 g/mol. The maximum atomic E-state index is 10.4. The summed E-state index contributed by atoms with van der Waals surface area (Å²) in [5, 5.41) is 40.2. The molecule has 0 radical (unpaired) electrons. The molecule has 11 nitrogen and oxygen atoms in total. The van der Waals surface area contributed by atoms with Crippen LogP contribution in [0.4, 0.5) is 17.1 Å². The summed E-state index contributed by atoms with van der Waals surface area (Å²) in [6.45, 7) is 8.77. The Labute approximate surface area is 221 Å². The summed E-state index contributed by atoms with van der Waals surface area (Å²) in [6.07, 6.45) is 9.73. The van der Waals surface area contributed by atoms with Crippen molar-refractivity contribution in [1.29, 1.82) is 0 Å². The topological polar surface area (TPSA) is 153 Å². The molecule has 2 aromatic carbocycles. The molecular formula is C27H36N4O7. The van der Waals surface area contributed by atoms with Gasteiger partial charge in [-0.15, -0.1) is 0 Å². The Bertz CT molecular complexity index is 1100. The Hall–Kier alpha value is -3.60. The monoisotopic (exact) mass is 528 g/mol. The molecule has 0 amide bonds. The van der Waals surface area contributed by atoms with Crippen LogP contribution in [0.5, 0.6) is 5.75 Å². The van der Waals surface area contributed by atoms with Gasteiger partial charge in [-0.2, -0.15) is 0 Å². The van der Waals surface area contributed by atoms with Crippen LogP contribution in [0.25, 0.3) is 0 Å². The highest BCUT2D eigenvalue weighted by Crippen LogP contribution is 2.45. The zero-order chi connectivity index (χ0) is 27.9. The Morgan fingerprint density at radius 2 is 1.58 bits per heavy atom. The SMILES string of the molecule is CCCCC1CN(CC2CC2)CCC1(CC)c1ccccc1.O=[N+]([O-])c1cc([N+](=O)[O-])c(O)c([N+](=O)[O-])c1. The highest BCUT2D eigenvalue weighted by atomic mass is 16.6. The molecule has 1 aliphatic heterocycles. The molecule has 0 aromatic heterocycles. The third kappa shape index (κ3) is 6.83. The van der Waals surface area contributed by atoms with Crippen LogP contribution in [0.2, 0.25) is 0 Å². The second-order valence-electron chi connectivity index (χ2n) is 10.3. The van der Waals surface area contributed by atoms with Crippen molar-refractivity contribution in [1.82, 2.24) is 4.90 Å². The minimum atomic E-state index is -1.21. The number of nitrogens with zero attached hydrogens (tertiary/aromatic N) is 4. The molecule has 2 atom stereocenters. The molecule has 1 saturated carbocycles. The second-order valence-corrected chi connectivity index (χ2v) is 10.3. The predicted octanol–water partition coefficient (Wildman–Crippen LogP) is 6.37. The van der Waals surface area contributed by atoms with E-state index >= 15 is 0 Å². The number of unbranched alkanes of at least 4 members (excludes halogenated alkanes) is 1. The van der Waals surface area contributed by atoms with Crippen LogP contribution in [0, 0.1) is 42.2 Å². The summed E-state index contributed by atoms with van der Waals surface area (Å²) in [4.78, 5) is 30.6. The summed E-state index contributed by atoms with van der Waals surface area (Å²) in [5.74, 6) is 0.658. The number of non-ortho nitro benzene ring substituents is 1. The molecule has 11 heteroatoms. The van der Waals surface area contributed by atoms with Crippen molar-refractivity contribution >= 4 is 17.1 Å². The Morgan fingerprint density at radius 3 is 2.05 bits per heavy atom. The number of hydrogen-bond acceptors (Lipinski definition) is 8. The maximum absolute atomic E-state index is 10.4. The lowest BCUT2D eigenvalue weighted by Crippen LogP contribution is -2.50. The number of nitro groups is 3. The molecule has 2 aliphatic rings. The van der Waals surface area contributed by atoms with Gasteiger partial charge in [0.2, 0.25) is 0 Å². The Balaban J connectivity index is 0.000000223. The standard InChI is InChI=1S/C21H33N.C6H3N3O7/c1-3-5-9-20-17-22(16-18-12-13-18)15-14-21(20,4-2)19-10-7-6-8-11-19;10-6-4(8(13)14)1-3(7(11)12)2-5(6)9(15)16/h6-8,10-11,18,20H,3-5,9,12-17H2,1-2H3;1-2,10H. The van der Waals surface area contributed by atoms with Crippen LogP contribution >= 0.6 is 0 Å². The molecule has 38 heavy (non-hydrogen) atoms. The fourth-order valence-electron chi connectivity index (χ4n) is 5.58. The first-order chi connectivity index (χ1) is 18.1. The van der Waals surface area contributed by atoms with E-state index < -0.39 is 37.6 Å². The largest absolute Gasteiger partial charge is 0.497 e. The fraction of sp³-hybridized carbons (Fsp3) is 0.556. The number of phenols is 1. The summed E-state index contributed by atoms with van der Waals surface area (Å²) in [7, 11) is 0. The first-order valence-electron chi connectivity index (χ1n) is 13.2. The van der Waals surface area contributed by atoms with Crippen molar-refractivity contribution in [2.75, 3.05) is 19.6 Å². The summed E-state index contributed by atoms with van der Waals surface area (Å²) in [6, 6.07) is 12.3. The number of piperidine rings is 1. The van der Waals surface area contributed by atoms with Gasteiger partial charge in [0.05, 0.1) is 26.9 Å². The molecule has 2 unspecified atom stereocenters. The molecule has 1 heterocycles. The molecule has 4 rings (SSSR count). The summed E-state index contributed by atoms with van der Waals surface area (Å²) < 4.78 is 0. The van der Waals surface area contributed by atoms with E-state index in [2.05, 4.69) is 49.1 Å². The number of nitro benzene ring substituents is 3. The van der Waals surface area contributed by atoms with Gasteiger partial charge in [0, 0.05) is 18.5 Å². The molecule has 0 bridgehead atoms. The smallest absolute Gasteiger partial charge is 0.324 e. The van der Waals surface area contributed by atoms with Crippen molar-refractivity contribution in [2.45, 2.75) is 64.2 Å². The van der Waals surface area contributed by atoms with Crippen LogP contribution in [-0.4, -0.2) is 44.4 Å². The molecule has 1 saturated heterocycles. The molecule has 2 aromatic rings. The van der Waals surface area contributed by atoms with Crippen molar-refractivity contribution in [3.05, 3.63) is 78.4 Å². The zero-order valence-corrected chi connectivity index (χ0v) is 22.0. The van der Waals surface area contributed by atoms with Crippen molar-refractivity contribution in [3.63, 3.8) is 0 Å². The lowest BCUT2D eigenvalue weighted by Gasteiger charge is -2.48. The van der Waals surface area contributed by atoms with E-state index in [0.717, 1.165) is 11.8 Å². The second kappa shape index (κ2) is 12.8. The van der Waals surface area contributed by atoms with Gasteiger partial charge in [-0.25, -0.2) is 0 Å².